The summed E-state index contributed by atoms with van der Waals surface area (Å²) >= 11 is 6.81. The molecule has 5 rings (SSSR count). The van der Waals surface area contributed by atoms with Gasteiger partial charge in [0.25, 0.3) is 0 Å². The van der Waals surface area contributed by atoms with Gasteiger partial charge < -0.3 is 9.47 Å². The van der Waals surface area contributed by atoms with Crippen LogP contribution >= 0.6 is 47.0 Å². The van der Waals surface area contributed by atoms with Gasteiger partial charge >= 0.3 is 0 Å². The highest BCUT2D eigenvalue weighted by Gasteiger charge is 2.15. The highest BCUT2D eigenvalue weighted by molar-refractivity contribution is 8.00. The molecule has 49 heavy (non-hydrogen) atoms. The van der Waals surface area contributed by atoms with Crippen molar-refractivity contribution >= 4 is 59.5 Å². The third-order valence-electron chi connectivity index (χ3n) is 7.39. The van der Waals surface area contributed by atoms with Gasteiger partial charge in [0.05, 0.1) is 25.6 Å². The maximum atomic E-state index is 6.21. The molecule has 0 saturated heterocycles. The molecule has 0 N–H and O–H groups in total. The summed E-state index contributed by atoms with van der Waals surface area (Å²) < 4.78 is 16.2. The summed E-state index contributed by atoms with van der Waals surface area (Å²) in [5.41, 5.74) is 1.81. The Morgan fingerprint density at radius 3 is 1.55 bits per heavy atom. The monoisotopic (exact) mass is 738 g/mol. The Labute approximate surface area is 307 Å². The summed E-state index contributed by atoms with van der Waals surface area (Å²) in [6.45, 7) is 5.45. The first-order valence-electron chi connectivity index (χ1n) is 17.2. The van der Waals surface area contributed by atoms with Gasteiger partial charge in [0.15, 0.2) is 0 Å². The van der Waals surface area contributed by atoms with Crippen LogP contribution in [-0.2, 0) is 0 Å². The molecule has 0 aliphatic carbocycles. The number of benzene rings is 2. The second kappa shape index (κ2) is 21.3. The van der Waals surface area contributed by atoms with Crippen molar-refractivity contribution in [1.29, 1.82) is 0 Å². The fourth-order valence-electron chi connectivity index (χ4n) is 4.72. The van der Waals surface area contributed by atoms with E-state index in [9.17, 15) is 0 Å². The molecule has 0 radical (unpaired) electrons. The van der Waals surface area contributed by atoms with E-state index in [4.69, 9.17) is 19.7 Å². The standard InChI is InChI=1S/C35H46N8O2S4/c1-3-5-11-22-46-32-38-40-34-42(32)36-26-28-16-7-9-18-30(28)44-20-15-21-45-31-19-10-8-17-29(31)27-37-43-33(47-23-12-6-4-2)39-41-35(43)49-25-14-13-24-48-34/h7-10,16-19,26-27H,3-6,11-15,20-25H2,1-2H3/b36-26-,37-27+. The zero-order valence-electron chi connectivity index (χ0n) is 28.4. The van der Waals surface area contributed by atoms with E-state index in [0.29, 0.717) is 19.6 Å². The lowest BCUT2D eigenvalue weighted by atomic mass is 10.2. The third-order valence-corrected chi connectivity index (χ3v) is 11.4. The van der Waals surface area contributed by atoms with Crippen LogP contribution in [0.25, 0.3) is 0 Å². The van der Waals surface area contributed by atoms with Gasteiger partial charge in [0.1, 0.15) is 11.5 Å². The number of aromatic nitrogens is 6. The first-order chi connectivity index (χ1) is 24.3. The van der Waals surface area contributed by atoms with Crippen molar-refractivity contribution < 1.29 is 9.47 Å². The summed E-state index contributed by atoms with van der Waals surface area (Å²) in [5.74, 6) is 5.36. The number of para-hydroxylation sites is 2. The quantitative estimate of drug-likeness (QED) is 0.116. The molecule has 0 bridgehead atoms. The summed E-state index contributed by atoms with van der Waals surface area (Å²) in [4.78, 5) is 0. The van der Waals surface area contributed by atoms with Crippen molar-refractivity contribution in [2.75, 3.05) is 36.2 Å². The Balaban J connectivity index is 1.35. The Hall–Kier alpha value is -2.94. The highest BCUT2D eigenvalue weighted by atomic mass is 32.2. The van der Waals surface area contributed by atoms with Crippen LogP contribution in [0.1, 0.15) is 82.8 Å². The minimum atomic E-state index is 0.507. The topological polar surface area (TPSA) is 105 Å². The molecule has 14 heteroatoms. The van der Waals surface area contributed by atoms with Gasteiger partial charge in [0.2, 0.25) is 20.6 Å². The Morgan fingerprint density at radius 1 is 0.612 bits per heavy atom. The molecule has 10 nitrogen and oxygen atoms in total. The van der Waals surface area contributed by atoms with Crippen molar-refractivity contribution in [3.8, 4) is 11.5 Å². The normalized spacial score (nSPS) is 15.9. The van der Waals surface area contributed by atoms with Gasteiger partial charge in [-0.1, -0.05) is 111 Å². The molecule has 262 valence electrons. The van der Waals surface area contributed by atoms with E-state index in [-0.39, 0.29) is 0 Å². The van der Waals surface area contributed by atoms with E-state index in [2.05, 4.69) is 34.2 Å². The minimum absolute atomic E-state index is 0.507. The van der Waals surface area contributed by atoms with Crippen LogP contribution in [-0.4, -0.2) is 78.4 Å². The van der Waals surface area contributed by atoms with Crippen LogP contribution in [0.4, 0.5) is 0 Å². The number of ether oxygens (including phenoxy) is 2. The van der Waals surface area contributed by atoms with Gasteiger partial charge in [0, 0.05) is 40.6 Å². The molecule has 2 aromatic carbocycles. The largest absolute Gasteiger partial charge is 0.493 e. The lowest BCUT2D eigenvalue weighted by Gasteiger charge is -2.11. The Morgan fingerprint density at radius 2 is 1.08 bits per heavy atom. The number of hydrogen-bond acceptors (Lipinski definition) is 12. The smallest absolute Gasteiger partial charge is 0.212 e. The predicted octanol–water partition coefficient (Wildman–Crippen LogP) is 9.02. The van der Waals surface area contributed by atoms with Gasteiger partial charge in [-0.2, -0.15) is 19.6 Å². The second-order valence-electron chi connectivity index (χ2n) is 11.3. The molecule has 0 fully saturated rings. The number of hydrogen-bond donors (Lipinski definition) is 0. The molecule has 4 aromatic rings. The molecule has 0 amide bonds. The maximum Gasteiger partial charge on any atom is 0.212 e. The number of nitrogens with zero attached hydrogens (tertiary/aromatic N) is 8. The Kier molecular flexibility index (Phi) is 16.2. The fraction of sp³-hybridized carbons (Fsp3) is 0.486. The summed E-state index contributed by atoms with van der Waals surface area (Å²) in [6, 6.07) is 16.0. The molecular formula is C35H46N8O2S4. The zero-order chi connectivity index (χ0) is 33.9. The summed E-state index contributed by atoms with van der Waals surface area (Å²) in [7, 11) is 0. The SMILES string of the molecule is CCCCCSc1nnc2n1/N=C\c1ccccc1OCCCOc1ccccc1/C=N/n1c(SCCCCC)nnc1SCCCCS2. The fourth-order valence-corrected chi connectivity index (χ4v) is 8.38. The molecule has 1 aliphatic rings. The minimum Gasteiger partial charge on any atom is -0.493 e. The Bertz CT molecular complexity index is 1510. The van der Waals surface area contributed by atoms with Crippen molar-refractivity contribution in [2.24, 2.45) is 10.2 Å². The molecule has 2 aromatic heterocycles. The molecule has 0 unspecified atom stereocenters. The predicted molar refractivity (Wildman–Crippen MR) is 206 cm³/mol. The molecule has 0 atom stereocenters. The van der Waals surface area contributed by atoms with E-state index in [1.807, 2.05) is 70.3 Å². The van der Waals surface area contributed by atoms with Crippen LogP contribution in [0.3, 0.4) is 0 Å². The van der Waals surface area contributed by atoms with Crippen molar-refractivity contribution in [3.05, 3.63) is 59.7 Å². The van der Waals surface area contributed by atoms with Gasteiger partial charge in [-0.3, -0.25) is 0 Å². The molecular weight excluding hydrogens is 693 g/mol. The third kappa shape index (κ3) is 11.8. The number of unbranched alkanes of at least 4 members (excludes halogenated alkanes) is 4. The van der Waals surface area contributed by atoms with Crippen molar-refractivity contribution in [1.82, 2.24) is 29.7 Å². The van der Waals surface area contributed by atoms with Gasteiger partial charge in [-0.25, -0.2) is 0 Å². The van der Waals surface area contributed by atoms with Crippen LogP contribution in [0.5, 0.6) is 11.5 Å². The van der Waals surface area contributed by atoms with E-state index in [1.54, 1.807) is 47.0 Å². The number of thioether (sulfide) groups is 4. The first-order valence-corrected chi connectivity index (χ1v) is 21.2. The van der Waals surface area contributed by atoms with Crippen LogP contribution in [0.2, 0.25) is 0 Å². The second-order valence-corrected chi connectivity index (χ2v) is 15.5. The van der Waals surface area contributed by atoms with E-state index in [1.165, 1.54) is 25.7 Å². The lowest BCUT2D eigenvalue weighted by Crippen LogP contribution is -2.07. The van der Waals surface area contributed by atoms with E-state index >= 15 is 0 Å². The lowest BCUT2D eigenvalue weighted by molar-refractivity contribution is 0.247. The summed E-state index contributed by atoms with van der Waals surface area (Å²) in [6.07, 6.45) is 13.5. The zero-order valence-corrected chi connectivity index (χ0v) is 31.7. The summed E-state index contributed by atoms with van der Waals surface area (Å²) in [5, 5.41) is 31.1. The van der Waals surface area contributed by atoms with Crippen LogP contribution in [0, 0.1) is 0 Å². The van der Waals surface area contributed by atoms with Crippen molar-refractivity contribution in [3.63, 3.8) is 0 Å². The van der Waals surface area contributed by atoms with E-state index < -0.39 is 0 Å². The van der Waals surface area contributed by atoms with Crippen molar-refractivity contribution in [2.45, 2.75) is 92.3 Å². The average Bonchev–Trinajstić information content (AvgIpc) is 3.70. The highest BCUT2D eigenvalue weighted by Crippen LogP contribution is 2.28. The average molecular weight is 739 g/mol. The van der Waals surface area contributed by atoms with Crippen LogP contribution < -0.4 is 9.47 Å². The van der Waals surface area contributed by atoms with Crippen LogP contribution in [0.15, 0.2) is 79.4 Å². The van der Waals surface area contributed by atoms with E-state index in [0.717, 1.165) is 91.9 Å². The molecule has 0 saturated carbocycles. The molecule has 0 spiro atoms. The molecule has 1 aliphatic heterocycles. The first kappa shape index (κ1) is 37.3. The van der Waals surface area contributed by atoms with Gasteiger partial charge in [-0.15, -0.1) is 20.4 Å². The maximum absolute atomic E-state index is 6.21. The number of rotatable bonds is 10. The van der Waals surface area contributed by atoms with Gasteiger partial charge in [-0.05, 0) is 49.9 Å². The molecule has 3 heterocycles. The number of fused-ring (bicyclic) bond motifs is 4.